The Hall–Kier alpha value is -1.97. The van der Waals surface area contributed by atoms with Gasteiger partial charge in [-0.1, -0.05) is 23.7 Å². The molecule has 26 heavy (non-hydrogen) atoms. The van der Waals surface area contributed by atoms with E-state index in [-0.39, 0.29) is 24.3 Å². The number of nitrogens with one attached hydrogen (secondary N) is 1. The predicted molar refractivity (Wildman–Crippen MR) is 95.7 cm³/mol. The van der Waals surface area contributed by atoms with Crippen molar-refractivity contribution in [1.29, 1.82) is 0 Å². The van der Waals surface area contributed by atoms with E-state index in [0.29, 0.717) is 42.4 Å². The molecule has 2 heterocycles. The highest BCUT2D eigenvalue weighted by atomic mass is 35.5. The number of halogens is 1. The molecule has 2 aromatic rings. The maximum absolute atomic E-state index is 12.3. The third-order valence-corrected chi connectivity index (χ3v) is 5.91. The molecule has 0 bridgehead atoms. The molecule has 1 aliphatic heterocycles. The number of sulfonamides is 1. The summed E-state index contributed by atoms with van der Waals surface area (Å²) in [4.78, 5) is 12.3. The van der Waals surface area contributed by atoms with Crippen LogP contribution in [0.5, 0.6) is 0 Å². The van der Waals surface area contributed by atoms with Crippen LogP contribution in [0.25, 0.3) is 11.5 Å². The molecule has 1 aromatic carbocycles. The van der Waals surface area contributed by atoms with E-state index in [4.69, 9.17) is 16.0 Å². The molecule has 0 radical (unpaired) electrons. The highest BCUT2D eigenvalue weighted by molar-refractivity contribution is 7.88. The van der Waals surface area contributed by atoms with Gasteiger partial charge in [0.05, 0.1) is 23.4 Å². The molecule has 0 unspecified atom stereocenters. The van der Waals surface area contributed by atoms with Crippen molar-refractivity contribution in [2.24, 2.45) is 5.92 Å². The molecule has 8 nitrogen and oxygen atoms in total. The monoisotopic (exact) mass is 398 g/mol. The predicted octanol–water partition coefficient (Wildman–Crippen LogP) is 1.68. The van der Waals surface area contributed by atoms with Gasteiger partial charge in [-0.15, -0.1) is 10.2 Å². The quantitative estimate of drug-likeness (QED) is 0.821. The van der Waals surface area contributed by atoms with Gasteiger partial charge in [-0.25, -0.2) is 12.7 Å². The van der Waals surface area contributed by atoms with Gasteiger partial charge in [-0.2, -0.15) is 0 Å². The second-order valence-corrected chi connectivity index (χ2v) is 8.52. The van der Waals surface area contributed by atoms with Crippen molar-refractivity contribution in [3.8, 4) is 11.5 Å². The van der Waals surface area contributed by atoms with E-state index in [2.05, 4.69) is 15.5 Å². The Morgan fingerprint density at radius 2 is 2.00 bits per heavy atom. The molecule has 0 saturated carbocycles. The first-order valence-electron chi connectivity index (χ1n) is 8.14. The molecule has 1 amide bonds. The molecule has 0 aliphatic carbocycles. The van der Waals surface area contributed by atoms with Gasteiger partial charge in [-0.3, -0.25) is 4.79 Å². The zero-order valence-corrected chi connectivity index (χ0v) is 15.8. The average Bonchev–Trinajstić information content (AvgIpc) is 3.08. The minimum Gasteiger partial charge on any atom is -0.419 e. The fourth-order valence-corrected chi connectivity index (χ4v) is 3.92. The zero-order chi connectivity index (χ0) is 18.7. The summed E-state index contributed by atoms with van der Waals surface area (Å²) in [6, 6.07) is 7.12. The first-order valence-corrected chi connectivity index (χ1v) is 10.4. The molecule has 0 atom stereocenters. The third-order valence-electron chi connectivity index (χ3n) is 4.28. The van der Waals surface area contributed by atoms with E-state index in [0.717, 1.165) is 0 Å². The Labute approximate surface area is 156 Å². The highest BCUT2D eigenvalue weighted by Crippen LogP contribution is 2.26. The van der Waals surface area contributed by atoms with Crippen LogP contribution >= 0.6 is 11.6 Å². The van der Waals surface area contributed by atoms with Gasteiger partial charge in [-0.05, 0) is 25.0 Å². The van der Waals surface area contributed by atoms with E-state index in [1.165, 1.54) is 10.6 Å². The number of benzene rings is 1. The number of amides is 1. The van der Waals surface area contributed by atoms with Gasteiger partial charge >= 0.3 is 0 Å². The van der Waals surface area contributed by atoms with Crippen molar-refractivity contribution in [2.75, 3.05) is 19.3 Å². The number of rotatable bonds is 5. The number of carbonyl (C=O) groups is 1. The Balaban J connectivity index is 1.54. The summed E-state index contributed by atoms with van der Waals surface area (Å²) in [6.07, 6.45) is 2.17. The fourth-order valence-electron chi connectivity index (χ4n) is 2.83. The average molecular weight is 399 g/mol. The van der Waals surface area contributed by atoms with Crippen molar-refractivity contribution in [3.05, 3.63) is 35.2 Å². The SMILES string of the molecule is CS(=O)(=O)N1CCC(C(=O)NCc2nnc(-c3ccccc3Cl)o2)CC1. The summed E-state index contributed by atoms with van der Waals surface area (Å²) in [6.45, 7) is 0.824. The minimum atomic E-state index is -3.20. The first kappa shape index (κ1) is 18.8. The Bertz CT molecular complexity index is 891. The van der Waals surface area contributed by atoms with Gasteiger partial charge < -0.3 is 9.73 Å². The van der Waals surface area contributed by atoms with Crippen LogP contribution in [0.4, 0.5) is 0 Å². The molecule has 0 spiro atoms. The Morgan fingerprint density at radius 1 is 1.31 bits per heavy atom. The maximum Gasteiger partial charge on any atom is 0.249 e. The van der Waals surface area contributed by atoms with Crippen molar-refractivity contribution in [1.82, 2.24) is 19.8 Å². The van der Waals surface area contributed by atoms with Crippen LogP contribution in [0.1, 0.15) is 18.7 Å². The molecule has 1 saturated heterocycles. The van der Waals surface area contributed by atoms with E-state index in [9.17, 15) is 13.2 Å². The first-order chi connectivity index (χ1) is 12.3. The Morgan fingerprint density at radius 3 is 2.65 bits per heavy atom. The number of carbonyl (C=O) groups excluding carboxylic acids is 1. The summed E-state index contributed by atoms with van der Waals surface area (Å²) >= 11 is 6.10. The van der Waals surface area contributed by atoms with Crippen molar-refractivity contribution >= 4 is 27.5 Å². The molecule has 1 fully saturated rings. The van der Waals surface area contributed by atoms with E-state index < -0.39 is 10.0 Å². The molecule has 3 rings (SSSR count). The molecule has 140 valence electrons. The minimum absolute atomic E-state index is 0.114. The highest BCUT2D eigenvalue weighted by Gasteiger charge is 2.29. The molecule has 1 aliphatic rings. The van der Waals surface area contributed by atoms with Gasteiger partial charge in [0.15, 0.2) is 0 Å². The maximum atomic E-state index is 12.3. The topological polar surface area (TPSA) is 105 Å². The normalized spacial score (nSPS) is 16.5. The van der Waals surface area contributed by atoms with Crippen LogP contribution in [-0.2, 0) is 21.4 Å². The lowest BCUT2D eigenvalue weighted by atomic mass is 9.97. The van der Waals surface area contributed by atoms with Crippen molar-refractivity contribution < 1.29 is 17.6 Å². The second kappa shape index (κ2) is 7.73. The second-order valence-electron chi connectivity index (χ2n) is 6.13. The smallest absolute Gasteiger partial charge is 0.249 e. The van der Waals surface area contributed by atoms with Gasteiger partial charge in [0.2, 0.25) is 27.7 Å². The number of hydrogen-bond acceptors (Lipinski definition) is 6. The molecule has 10 heteroatoms. The van der Waals surface area contributed by atoms with E-state index in [1.807, 2.05) is 6.07 Å². The number of piperidine rings is 1. The lowest BCUT2D eigenvalue weighted by Crippen LogP contribution is -2.42. The molecule has 1 N–H and O–H groups in total. The van der Waals surface area contributed by atoms with Crippen LogP contribution in [0.15, 0.2) is 28.7 Å². The van der Waals surface area contributed by atoms with Gasteiger partial charge in [0.1, 0.15) is 0 Å². The third kappa shape index (κ3) is 4.40. The standard InChI is InChI=1S/C16H19ClN4O4S/c1-26(23,24)21-8-6-11(7-9-21)15(22)18-10-14-19-20-16(25-14)12-4-2-3-5-13(12)17/h2-5,11H,6-10H2,1H3,(H,18,22). The van der Waals surface area contributed by atoms with Crippen molar-refractivity contribution in [2.45, 2.75) is 19.4 Å². The summed E-state index contributed by atoms with van der Waals surface area (Å²) in [7, 11) is -3.20. The van der Waals surface area contributed by atoms with E-state index in [1.54, 1.807) is 18.2 Å². The van der Waals surface area contributed by atoms with Gasteiger partial charge in [0, 0.05) is 19.0 Å². The largest absolute Gasteiger partial charge is 0.419 e. The lowest BCUT2D eigenvalue weighted by Gasteiger charge is -2.29. The Kier molecular flexibility index (Phi) is 5.59. The number of nitrogens with zero attached hydrogens (tertiary/aromatic N) is 3. The van der Waals surface area contributed by atoms with Crippen LogP contribution in [0.3, 0.4) is 0 Å². The molecule has 1 aromatic heterocycles. The summed E-state index contributed by atoms with van der Waals surface area (Å²) in [5.74, 6) is 0.206. The van der Waals surface area contributed by atoms with Crippen LogP contribution in [0, 0.1) is 5.92 Å². The fraction of sp³-hybridized carbons (Fsp3) is 0.438. The van der Waals surface area contributed by atoms with Crippen molar-refractivity contribution in [3.63, 3.8) is 0 Å². The summed E-state index contributed by atoms with van der Waals surface area (Å²) in [5.41, 5.74) is 0.632. The molecular weight excluding hydrogens is 380 g/mol. The van der Waals surface area contributed by atoms with Crippen LogP contribution in [0.2, 0.25) is 5.02 Å². The number of aromatic nitrogens is 2. The summed E-state index contributed by atoms with van der Waals surface area (Å²) < 4.78 is 29.9. The number of hydrogen-bond donors (Lipinski definition) is 1. The molecular formula is C16H19ClN4O4S. The summed E-state index contributed by atoms with van der Waals surface area (Å²) in [5, 5.41) is 11.1. The lowest BCUT2D eigenvalue weighted by molar-refractivity contribution is -0.126. The zero-order valence-electron chi connectivity index (χ0n) is 14.2. The van der Waals surface area contributed by atoms with E-state index >= 15 is 0 Å². The van der Waals surface area contributed by atoms with Gasteiger partial charge in [0.25, 0.3) is 0 Å². The van der Waals surface area contributed by atoms with Crippen LogP contribution < -0.4 is 5.32 Å². The van der Waals surface area contributed by atoms with Crippen LogP contribution in [-0.4, -0.2) is 48.2 Å².